The molecule has 4 rings (SSSR count). The fourth-order valence-electron chi connectivity index (χ4n) is 3.44. The predicted octanol–water partition coefficient (Wildman–Crippen LogP) is 4.17. The number of rotatable bonds is 8. The number of anilines is 1. The van der Waals surface area contributed by atoms with Crippen LogP contribution in [0.4, 0.5) is 5.69 Å². The topological polar surface area (TPSA) is 77.1 Å². The number of carbonyl (C=O) groups excluding carboxylic acids is 2. The molecule has 0 atom stereocenters. The first-order valence-corrected chi connectivity index (χ1v) is 10.7. The van der Waals surface area contributed by atoms with Crippen molar-refractivity contribution in [2.75, 3.05) is 26.6 Å². The van der Waals surface area contributed by atoms with Gasteiger partial charge in [0, 0.05) is 10.9 Å². The Morgan fingerprint density at radius 1 is 0.875 bits per heavy atom. The number of methoxy groups -OCH3 is 3. The van der Waals surface area contributed by atoms with Gasteiger partial charge in [-0.15, -0.1) is 11.3 Å². The second kappa shape index (κ2) is 9.15. The van der Waals surface area contributed by atoms with E-state index in [1.54, 1.807) is 51.7 Å². The van der Waals surface area contributed by atoms with Crippen molar-refractivity contribution in [3.8, 4) is 17.2 Å². The molecular formula is C24H22N2O5S. The summed E-state index contributed by atoms with van der Waals surface area (Å²) in [6.45, 7) is 0.150. The number of imide groups is 1. The third-order valence-electron chi connectivity index (χ3n) is 5.10. The van der Waals surface area contributed by atoms with Crippen LogP contribution in [0.3, 0.4) is 0 Å². The fraction of sp³-hybridized carbons (Fsp3) is 0.167. The highest BCUT2D eigenvalue weighted by Gasteiger charge is 2.40. The van der Waals surface area contributed by atoms with Crippen molar-refractivity contribution in [3.63, 3.8) is 0 Å². The fourth-order valence-corrected chi connectivity index (χ4v) is 4.21. The van der Waals surface area contributed by atoms with Gasteiger partial charge >= 0.3 is 0 Å². The van der Waals surface area contributed by atoms with Crippen molar-refractivity contribution in [2.45, 2.75) is 6.54 Å². The van der Waals surface area contributed by atoms with E-state index >= 15 is 0 Å². The minimum absolute atomic E-state index is 0.150. The van der Waals surface area contributed by atoms with E-state index in [9.17, 15) is 9.59 Å². The zero-order valence-electron chi connectivity index (χ0n) is 17.9. The number of hydrogen-bond donors (Lipinski definition) is 1. The summed E-state index contributed by atoms with van der Waals surface area (Å²) in [6.07, 6.45) is 0. The summed E-state index contributed by atoms with van der Waals surface area (Å²) in [5.41, 5.74) is 1.89. The standard InChI is InChI=1S/C24H22N2O5S/c1-29-16-8-6-15(7-9-16)14-26-23(27)21(20-5-4-12-32-20)22(24(26)28)25-18-13-17(30-2)10-11-19(18)31-3/h4-13,25H,14H2,1-3H3. The molecule has 32 heavy (non-hydrogen) atoms. The molecule has 0 radical (unpaired) electrons. The normalized spacial score (nSPS) is 13.5. The summed E-state index contributed by atoms with van der Waals surface area (Å²) in [4.78, 5) is 28.7. The molecule has 0 saturated carbocycles. The summed E-state index contributed by atoms with van der Waals surface area (Å²) < 4.78 is 15.9. The van der Waals surface area contributed by atoms with Crippen molar-refractivity contribution in [1.82, 2.24) is 4.90 Å². The molecular weight excluding hydrogens is 428 g/mol. The highest BCUT2D eigenvalue weighted by Crippen LogP contribution is 2.37. The lowest BCUT2D eigenvalue weighted by atomic mass is 10.1. The van der Waals surface area contributed by atoms with Crippen molar-refractivity contribution >= 4 is 34.4 Å². The molecule has 7 nitrogen and oxygen atoms in total. The lowest BCUT2D eigenvalue weighted by Crippen LogP contribution is -2.32. The van der Waals surface area contributed by atoms with E-state index in [2.05, 4.69) is 5.32 Å². The van der Waals surface area contributed by atoms with Crippen LogP contribution < -0.4 is 19.5 Å². The van der Waals surface area contributed by atoms with Crippen molar-refractivity contribution in [2.24, 2.45) is 0 Å². The minimum atomic E-state index is -0.404. The van der Waals surface area contributed by atoms with E-state index in [0.29, 0.717) is 33.4 Å². The van der Waals surface area contributed by atoms with Gasteiger partial charge < -0.3 is 19.5 Å². The van der Waals surface area contributed by atoms with E-state index in [1.807, 2.05) is 29.6 Å². The quantitative estimate of drug-likeness (QED) is 0.519. The average molecular weight is 451 g/mol. The van der Waals surface area contributed by atoms with Gasteiger partial charge in [0.25, 0.3) is 11.8 Å². The van der Waals surface area contributed by atoms with Crippen LogP contribution in [0.1, 0.15) is 10.4 Å². The largest absolute Gasteiger partial charge is 0.497 e. The van der Waals surface area contributed by atoms with Crippen molar-refractivity contribution < 1.29 is 23.8 Å². The number of benzene rings is 2. The average Bonchev–Trinajstić information content (AvgIpc) is 3.42. The molecule has 1 aliphatic rings. The molecule has 2 aromatic carbocycles. The van der Waals surface area contributed by atoms with Gasteiger partial charge in [0.2, 0.25) is 0 Å². The van der Waals surface area contributed by atoms with Gasteiger partial charge in [-0.25, -0.2) is 0 Å². The smallest absolute Gasteiger partial charge is 0.278 e. The number of nitrogens with one attached hydrogen (secondary N) is 1. The Labute approximate surface area is 189 Å². The Kier molecular flexibility index (Phi) is 6.13. The molecule has 0 bridgehead atoms. The van der Waals surface area contributed by atoms with Crippen molar-refractivity contribution in [1.29, 1.82) is 0 Å². The Morgan fingerprint density at radius 3 is 2.22 bits per heavy atom. The van der Waals surface area contributed by atoms with Crippen LogP contribution in [0.25, 0.3) is 5.57 Å². The third kappa shape index (κ3) is 4.04. The Morgan fingerprint density at radius 2 is 1.59 bits per heavy atom. The zero-order valence-corrected chi connectivity index (χ0v) is 18.7. The summed E-state index contributed by atoms with van der Waals surface area (Å²) in [6, 6.07) is 16.2. The lowest BCUT2D eigenvalue weighted by molar-refractivity contribution is -0.137. The maximum absolute atomic E-state index is 13.4. The zero-order chi connectivity index (χ0) is 22.7. The summed E-state index contributed by atoms with van der Waals surface area (Å²) in [5, 5.41) is 5.01. The number of amides is 2. The van der Waals surface area contributed by atoms with Gasteiger partial charge in [0.1, 0.15) is 22.9 Å². The Balaban J connectivity index is 1.71. The SMILES string of the molecule is COc1ccc(CN2C(=O)C(Nc3cc(OC)ccc3OC)=C(c3cccs3)C2=O)cc1. The second-order valence-electron chi connectivity index (χ2n) is 6.96. The molecule has 2 amide bonds. The van der Waals surface area contributed by atoms with E-state index in [4.69, 9.17) is 14.2 Å². The van der Waals surface area contributed by atoms with Crippen LogP contribution >= 0.6 is 11.3 Å². The van der Waals surface area contributed by atoms with Crippen LogP contribution in [0.15, 0.2) is 65.7 Å². The van der Waals surface area contributed by atoms with Crippen LogP contribution in [-0.2, 0) is 16.1 Å². The van der Waals surface area contributed by atoms with Crippen LogP contribution in [-0.4, -0.2) is 38.0 Å². The Bertz CT molecular complexity index is 1170. The molecule has 2 heterocycles. The first-order valence-electron chi connectivity index (χ1n) is 9.82. The number of ether oxygens (including phenoxy) is 3. The van der Waals surface area contributed by atoms with Crippen LogP contribution in [0.5, 0.6) is 17.2 Å². The Hall–Kier alpha value is -3.78. The summed E-state index contributed by atoms with van der Waals surface area (Å²) >= 11 is 1.40. The molecule has 0 unspecified atom stereocenters. The molecule has 0 spiro atoms. The molecule has 3 aromatic rings. The minimum Gasteiger partial charge on any atom is -0.497 e. The van der Waals surface area contributed by atoms with Gasteiger partial charge in [-0.3, -0.25) is 14.5 Å². The molecule has 8 heteroatoms. The van der Waals surface area contributed by atoms with E-state index < -0.39 is 5.91 Å². The maximum Gasteiger partial charge on any atom is 0.278 e. The lowest BCUT2D eigenvalue weighted by Gasteiger charge is -2.16. The highest BCUT2D eigenvalue weighted by atomic mass is 32.1. The van der Waals surface area contributed by atoms with Gasteiger partial charge in [-0.2, -0.15) is 0 Å². The van der Waals surface area contributed by atoms with Crippen LogP contribution in [0.2, 0.25) is 0 Å². The number of thiophene rings is 1. The van der Waals surface area contributed by atoms with Crippen molar-refractivity contribution in [3.05, 3.63) is 76.1 Å². The second-order valence-corrected chi connectivity index (χ2v) is 7.91. The van der Waals surface area contributed by atoms with Gasteiger partial charge in [-0.05, 0) is 41.3 Å². The first kappa shape index (κ1) is 21.5. The molecule has 0 aliphatic carbocycles. The number of carbonyl (C=O) groups is 2. The summed E-state index contributed by atoms with van der Waals surface area (Å²) in [7, 11) is 4.69. The molecule has 1 aliphatic heterocycles. The molecule has 1 aromatic heterocycles. The van der Waals surface area contributed by atoms with Gasteiger partial charge in [0.15, 0.2) is 0 Å². The molecule has 1 N–H and O–H groups in total. The molecule has 0 saturated heterocycles. The molecule has 164 valence electrons. The highest BCUT2D eigenvalue weighted by molar-refractivity contribution is 7.11. The third-order valence-corrected chi connectivity index (χ3v) is 5.99. The number of hydrogen-bond acceptors (Lipinski definition) is 7. The van der Waals surface area contributed by atoms with Gasteiger partial charge in [-0.1, -0.05) is 18.2 Å². The van der Waals surface area contributed by atoms with E-state index in [0.717, 1.165) is 5.56 Å². The van der Waals surface area contributed by atoms with E-state index in [-0.39, 0.29) is 18.1 Å². The monoisotopic (exact) mass is 450 g/mol. The van der Waals surface area contributed by atoms with Crippen LogP contribution in [0, 0.1) is 0 Å². The predicted molar refractivity (Wildman–Crippen MR) is 123 cm³/mol. The molecule has 0 fully saturated rings. The van der Waals surface area contributed by atoms with E-state index in [1.165, 1.54) is 16.2 Å². The maximum atomic E-state index is 13.4. The first-order chi connectivity index (χ1) is 15.5. The number of nitrogens with zero attached hydrogens (tertiary/aromatic N) is 1. The van der Waals surface area contributed by atoms with Gasteiger partial charge in [0.05, 0.1) is 39.1 Å². The summed E-state index contributed by atoms with van der Waals surface area (Å²) in [5.74, 6) is 1.07.